The van der Waals surface area contributed by atoms with Crippen molar-refractivity contribution in [3.8, 4) is 5.75 Å². The summed E-state index contributed by atoms with van der Waals surface area (Å²) in [6, 6.07) is 11.7. The van der Waals surface area contributed by atoms with Gasteiger partial charge in [0.1, 0.15) is 42.2 Å². The van der Waals surface area contributed by atoms with Crippen molar-refractivity contribution < 1.29 is 18.3 Å². The summed E-state index contributed by atoms with van der Waals surface area (Å²) >= 11 is 0. The number of ether oxygens (including phenoxy) is 2. The van der Waals surface area contributed by atoms with E-state index in [1.54, 1.807) is 0 Å². The van der Waals surface area contributed by atoms with Gasteiger partial charge in [0.15, 0.2) is 0 Å². The highest BCUT2D eigenvalue weighted by atomic mass is 19.1. The van der Waals surface area contributed by atoms with Crippen LogP contribution in [0.4, 0.5) is 8.78 Å². The Morgan fingerprint density at radius 3 is 2.37 bits per heavy atom. The van der Waals surface area contributed by atoms with Gasteiger partial charge >= 0.3 is 0 Å². The molecule has 2 aromatic carbocycles. The third-order valence-electron chi connectivity index (χ3n) is 5.29. The van der Waals surface area contributed by atoms with Crippen LogP contribution in [0.25, 0.3) is 0 Å². The van der Waals surface area contributed by atoms with E-state index in [0.717, 1.165) is 5.75 Å². The maximum absolute atomic E-state index is 13.8. The molecule has 1 aliphatic carbocycles. The third kappa shape index (κ3) is 4.12. The predicted octanol–water partition coefficient (Wildman–Crippen LogP) is 5.24. The summed E-state index contributed by atoms with van der Waals surface area (Å²) in [5, 5.41) is 0. The maximum atomic E-state index is 13.8. The lowest BCUT2D eigenvalue weighted by Crippen LogP contribution is -2.17. The highest BCUT2D eigenvalue weighted by molar-refractivity contribution is 5.95. The van der Waals surface area contributed by atoms with Crippen molar-refractivity contribution >= 4 is 5.90 Å². The van der Waals surface area contributed by atoms with Crippen LogP contribution >= 0.6 is 0 Å². The molecule has 0 radical (unpaired) electrons. The Balaban J connectivity index is 1.36. The van der Waals surface area contributed by atoms with E-state index >= 15 is 0 Å². The van der Waals surface area contributed by atoms with E-state index in [-0.39, 0.29) is 24.1 Å². The molecule has 27 heavy (non-hydrogen) atoms. The van der Waals surface area contributed by atoms with Gasteiger partial charge in [-0.25, -0.2) is 13.8 Å². The van der Waals surface area contributed by atoms with Gasteiger partial charge in [0, 0.05) is 0 Å². The van der Waals surface area contributed by atoms with Crippen molar-refractivity contribution in [2.24, 2.45) is 4.99 Å². The number of halogens is 2. The monoisotopic (exact) mass is 371 g/mol. The van der Waals surface area contributed by atoms with Crippen LogP contribution in [0, 0.1) is 11.6 Å². The molecule has 2 aliphatic rings. The Morgan fingerprint density at radius 1 is 0.963 bits per heavy atom. The van der Waals surface area contributed by atoms with E-state index in [4.69, 9.17) is 9.47 Å². The summed E-state index contributed by atoms with van der Waals surface area (Å²) in [5.41, 5.74) is 1.17. The molecule has 1 heterocycles. The fourth-order valence-corrected chi connectivity index (χ4v) is 3.80. The van der Waals surface area contributed by atoms with Crippen molar-refractivity contribution in [3.05, 3.63) is 65.2 Å². The van der Waals surface area contributed by atoms with Crippen LogP contribution in [0.3, 0.4) is 0 Å². The minimum absolute atomic E-state index is 0.00634. The van der Waals surface area contributed by atoms with Crippen LogP contribution in [0.2, 0.25) is 0 Å². The van der Waals surface area contributed by atoms with Crippen LogP contribution in [-0.4, -0.2) is 25.2 Å². The number of hydrogen-bond donors (Lipinski definition) is 0. The zero-order chi connectivity index (χ0) is 18.6. The Kier molecular flexibility index (Phi) is 5.37. The molecule has 0 amide bonds. The molecule has 1 atom stereocenters. The zero-order valence-corrected chi connectivity index (χ0v) is 15.2. The molecule has 0 bridgehead atoms. The fraction of sp³-hybridized carbons (Fsp3) is 0.409. The lowest BCUT2D eigenvalue weighted by atomic mass is 9.84. The van der Waals surface area contributed by atoms with Crippen molar-refractivity contribution in [1.82, 2.24) is 0 Å². The van der Waals surface area contributed by atoms with E-state index in [1.165, 1.54) is 55.9 Å². The van der Waals surface area contributed by atoms with Gasteiger partial charge in [0.25, 0.3) is 0 Å². The van der Waals surface area contributed by atoms with E-state index < -0.39 is 11.6 Å². The van der Waals surface area contributed by atoms with Crippen LogP contribution in [0.1, 0.15) is 49.1 Å². The highest BCUT2D eigenvalue weighted by Gasteiger charge is 2.25. The molecule has 0 spiro atoms. The Labute approximate surface area is 158 Å². The molecule has 4 rings (SSSR count). The van der Waals surface area contributed by atoms with Crippen LogP contribution in [0.15, 0.2) is 47.5 Å². The predicted molar refractivity (Wildman–Crippen MR) is 100 cm³/mol. The molecule has 1 saturated carbocycles. The van der Waals surface area contributed by atoms with Crippen molar-refractivity contribution in [2.45, 2.75) is 44.1 Å². The molecular weight excluding hydrogens is 348 g/mol. The van der Waals surface area contributed by atoms with E-state index in [2.05, 4.69) is 17.1 Å². The summed E-state index contributed by atoms with van der Waals surface area (Å²) in [5.74, 6) is 0.100. The van der Waals surface area contributed by atoms with Gasteiger partial charge in [-0.05, 0) is 48.6 Å². The second-order valence-electron chi connectivity index (χ2n) is 7.21. The standard InChI is InChI=1S/C22H23F2NO2/c23-19-7-4-8-20(24)21(19)22-25-17(14-27-22)13-26-18-11-9-16(10-12-18)15-5-2-1-3-6-15/h4,7-12,15,17H,1-3,5-6,13-14H2. The lowest BCUT2D eigenvalue weighted by Gasteiger charge is -2.22. The van der Waals surface area contributed by atoms with Gasteiger partial charge in [-0.1, -0.05) is 37.5 Å². The third-order valence-corrected chi connectivity index (χ3v) is 5.29. The van der Waals surface area contributed by atoms with Gasteiger partial charge in [0.2, 0.25) is 5.90 Å². The number of nitrogens with zero attached hydrogens (tertiary/aromatic N) is 1. The minimum Gasteiger partial charge on any atom is -0.491 e. The number of hydrogen-bond acceptors (Lipinski definition) is 3. The van der Waals surface area contributed by atoms with Crippen molar-refractivity contribution in [3.63, 3.8) is 0 Å². The molecular formula is C22H23F2NO2. The quantitative estimate of drug-likeness (QED) is 0.720. The zero-order valence-electron chi connectivity index (χ0n) is 15.2. The molecule has 2 aromatic rings. The topological polar surface area (TPSA) is 30.8 Å². The highest BCUT2D eigenvalue weighted by Crippen LogP contribution is 2.33. The molecule has 142 valence electrons. The summed E-state index contributed by atoms with van der Waals surface area (Å²) < 4.78 is 38.9. The van der Waals surface area contributed by atoms with Crippen molar-refractivity contribution in [2.75, 3.05) is 13.2 Å². The Hall–Kier alpha value is -2.43. The summed E-state index contributed by atoms with van der Waals surface area (Å²) in [7, 11) is 0. The summed E-state index contributed by atoms with van der Waals surface area (Å²) in [4.78, 5) is 4.28. The smallest absolute Gasteiger partial charge is 0.222 e. The first-order chi connectivity index (χ1) is 13.2. The minimum atomic E-state index is -0.673. The molecule has 3 nitrogen and oxygen atoms in total. The SMILES string of the molecule is Fc1cccc(F)c1C1=NC(COc2ccc(C3CCCCC3)cc2)CO1. The number of aliphatic imine (C=N–C) groups is 1. The largest absolute Gasteiger partial charge is 0.491 e. The van der Waals surface area contributed by atoms with E-state index in [9.17, 15) is 8.78 Å². The average Bonchev–Trinajstić information content (AvgIpc) is 3.16. The van der Waals surface area contributed by atoms with Crippen LogP contribution in [-0.2, 0) is 4.74 Å². The first-order valence-electron chi connectivity index (χ1n) is 9.58. The van der Waals surface area contributed by atoms with E-state index in [1.807, 2.05) is 12.1 Å². The Morgan fingerprint density at radius 2 is 1.67 bits per heavy atom. The summed E-state index contributed by atoms with van der Waals surface area (Å²) in [6.07, 6.45) is 6.51. The van der Waals surface area contributed by atoms with Gasteiger partial charge in [-0.3, -0.25) is 0 Å². The van der Waals surface area contributed by atoms with Crippen LogP contribution in [0.5, 0.6) is 5.75 Å². The average molecular weight is 371 g/mol. The van der Waals surface area contributed by atoms with Crippen LogP contribution < -0.4 is 4.74 Å². The molecule has 1 fully saturated rings. The van der Waals surface area contributed by atoms with Gasteiger partial charge in [-0.2, -0.15) is 0 Å². The molecule has 1 aliphatic heterocycles. The van der Waals surface area contributed by atoms with Gasteiger partial charge in [-0.15, -0.1) is 0 Å². The molecule has 0 N–H and O–H groups in total. The lowest BCUT2D eigenvalue weighted by molar-refractivity contribution is 0.242. The first-order valence-corrected chi connectivity index (χ1v) is 9.58. The molecule has 1 unspecified atom stereocenters. The Bertz CT molecular complexity index is 793. The summed E-state index contributed by atoms with van der Waals surface area (Å²) in [6.45, 7) is 0.561. The molecule has 5 heteroatoms. The first kappa shape index (κ1) is 18.0. The molecule has 0 aromatic heterocycles. The van der Waals surface area contributed by atoms with Crippen molar-refractivity contribution in [1.29, 1.82) is 0 Å². The molecule has 0 saturated heterocycles. The second kappa shape index (κ2) is 8.07. The van der Waals surface area contributed by atoms with E-state index in [0.29, 0.717) is 12.5 Å². The van der Waals surface area contributed by atoms with Gasteiger partial charge < -0.3 is 9.47 Å². The van der Waals surface area contributed by atoms with Gasteiger partial charge in [0.05, 0.1) is 0 Å². The number of benzene rings is 2. The second-order valence-corrected chi connectivity index (χ2v) is 7.21. The number of rotatable bonds is 5. The normalized spacial score (nSPS) is 20.2. The fourth-order valence-electron chi connectivity index (χ4n) is 3.80. The maximum Gasteiger partial charge on any atom is 0.222 e.